The number of non-ortho nitro benzene ring substituents is 2. The Morgan fingerprint density at radius 3 is 1.40 bits per heavy atom. The highest BCUT2D eigenvalue weighted by Gasteiger charge is 2.63. The number of carbonyl (C=O) groups excluding carboxylic acids is 3. The maximum absolute atomic E-state index is 14.2. The summed E-state index contributed by atoms with van der Waals surface area (Å²) in [4.78, 5) is 66.1. The molecule has 2 saturated heterocycles. The fourth-order valence-electron chi connectivity index (χ4n) is 6.10. The molecule has 0 aliphatic carbocycles. The number of benzene rings is 2. The van der Waals surface area contributed by atoms with Gasteiger partial charge >= 0.3 is 0 Å². The molecular weight excluding hydrogens is 516 g/mol. The summed E-state index contributed by atoms with van der Waals surface area (Å²) < 4.78 is 0. The third-order valence-corrected chi connectivity index (χ3v) is 8.67. The van der Waals surface area contributed by atoms with E-state index in [1.165, 1.54) is 24.3 Å². The minimum Gasteiger partial charge on any atom is -0.340 e. The minimum atomic E-state index is -0.989. The van der Waals surface area contributed by atoms with Gasteiger partial charge < -0.3 is 9.80 Å². The van der Waals surface area contributed by atoms with Crippen molar-refractivity contribution in [1.29, 1.82) is 0 Å². The SMILES string of the molecule is CC(C)C12CN(C(=O)Cc3cccc([N+](=O)[O-])c3)CC(C(C)C)(CN(C(=O)Cc3cccc([N+](=O)[O-])c3)C1)C2=O. The monoisotopic (exact) mass is 550 g/mol. The van der Waals surface area contributed by atoms with Crippen LogP contribution >= 0.6 is 0 Å². The summed E-state index contributed by atoms with van der Waals surface area (Å²) in [6, 6.07) is 12.0. The Kier molecular flexibility index (Phi) is 7.78. The van der Waals surface area contributed by atoms with E-state index in [-0.39, 0.29) is 79.8 Å². The van der Waals surface area contributed by atoms with Gasteiger partial charge in [0.1, 0.15) is 0 Å². The van der Waals surface area contributed by atoms with Crippen molar-refractivity contribution >= 4 is 29.0 Å². The van der Waals surface area contributed by atoms with Crippen LogP contribution in [0.5, 0.6) is 0 Å². The second kappa shape index (κ2) is 10.8. The molecule has 0 unspecified atom stereocenters. The Labute approximate surface area is 232 Å². The van der Waals surface area contributed by atoms with Gasteiger partial charge in [0.05, 0.1) is 33.5 Å². The topological polar surface area (TPSA) is 144 Å². The van der Waals surface area contributed by atoms with Gasteiger partial charge in [-0.15, -0.1) is 0 Å². The number of nitro groups is 2. The van der Waals surface area contributed by atoms with Gasteiger partial charge in [-0.25, -0.2) is 0 Å². The van der Waals surface area contributed by atoms with Crippen LogP contribution in [0, 0.1) is 42.9 Å². The fourth-order valence-corrected chi connectivity index (χ4v) is 6.10. The summed E-state index contributed by atoms with van der Waals surface area (Å²) in [6.07, 6.45) is -0.0681. The molecule has 212 valence electrons. The van der Waals surface area contributed by atoms with Gasteiger partial charge in [0.15, 0.2) is 5.78 Å². The molecular formula is C29H34N4O7. The number of fused-ring (bicyclic) bond motifs is 2. The van der Waals surface area contributed by atoms with Crippen LogP contribution in [0.25, 0.3) is 0 Å². The number of amides is 2. The van der Waals surface area contributed by atoms with Crippen LogP contribution in [0.2, 0.25) is 0 Å². The van der Waals surface area contributed by atoms with Crippen molar-refractivity contribution in [3.63, 3.8) is 0 Å². The summed E-state index contributed by atoms with van der Waals surface area (Å²) in [7, 11) is 0. The quantitative estimate of drug-likeness (QED) is 0.359. The van der Waals surface area contributed by atoms with Crippen molar-refractivity contribution in [2.45, 2.75) is 40.5 Å². The highest BCUT2D eigenvalue weighted by atomic mass is 16.6. The molecule has 2 amide bonds. The maximum atomic E-state index is 14.2. The van der Waals surface area contributed by atoms with Gasteiger partial charge in [0.25, 0.3) is 11.4 Å². The van der Waals surface area contributed by atoms with E-state index in [9.17, 15) is 34.6 Å². The van der Waals surface area contributed by atoms with E-state index in [1.807, 2.05) is 27.7 Å². The molecule has 11 heteroatoms. The Hall–Kier alpha value is -4.15. The number of nitro benzene ring substituents is 2. The van der Waals surface area contributed by atoms with E-state index in [1.54, 1.807) is 34.1 Å². The number of likely N-dealkylation sites (tertiary alicyclic amines) is 2. The summed E-state index contributed by atoms with van der Waals surface area (Å²) in [6.45, 7) is 8.27. The molecule has 0 atom stereocenters. The molecule has 2 aromatic carbocycles. The highest BCUT2D eigenvalue weighted by Crippen LogP contribution is 2.50. The van der Waals surface area contributed by atoms with Crippen molar-refractivity contribution in [3.05, 3.63) is 79.9 Å². The van der Waals surface area contributed by atoms with E-state index in [0.717, 1.165) is 0 Å². The number of piperidine rings is 2. The lowest BCUT2D eigenvalue weighted by Crippen LogP contribution is -2.74. The number of hydrogen-bond acceptors (Lipinski definition) is 7. The first-order valence-electron chi connectivity index (χ1n) is 13.4. The zero-order valence-electron chi connectivity index (χ0n) is 23.2. The predicted octanol–water partition coefficient (Wildman–Crippen LogP) is 3.83. The zero-order chi connectivity index (χ0) is 29.4. The zero-order valence-corrected chi connectivity index (χ0v) is 23.2. The molecule has 2 aliphatic rings. The Morgan fingerprint density at radius 2 is 1.10 bits per heavy atom. The van der Waals surface area contributed by atoms with Gasteiger partial charge in [0.2, 0.25) is 11.8 Å². The number of hydrogen-bond donors (Lipinski definition) is 0. The van der Waals surface area contributed by atoms with E-state index in [4.69, 9.17) is 0 Å². The van der Waals surface area contributed by atoms with Crippen LogP contribution < -0.4 is 0 Å². The largest absolute Gasteiger partial charge is 0.340 e. The molecule has 2 aliphatic heterocycles. The van der Waals surface area contributed by atoms with Crippen molar-refractivity contribution in [3.8, 4) is 0 Å². The smallest absolute Gasteiger partial charge is 0.269 e. The van der Waals surface area contributed by atoms with Gasteiger partial charge in [-0.05, 0) is 23.0 Å². The van der Waals surface area contributed by atoms with Gasteiger partial charge in [-0.1, -0.05) is 52.0 Å². The number of Topliss-reactive ketones (excluding diaryl/α,β-unsaturated/α-hetero) is 1. The van der Waals surface area contributed by atoms with Crippen molar-refractivity contribution in [2.24, 2.45) is 22.7 Å². The third kappa shape index (κ3) is 5.20. The van der Waals surface area contributed by atoms with Crippen molar-refractivity contribution in [1.82, 2.24) is 9.80 Å². The fraction of sp³-hybridized carbons (Fsp3) is 0.483. The lowest BCUT2D eigenvalue weighted by atomic mass is 9.55. The molecule has 0 spiro atoms. The van der Waals surface area contributed by atoms with Gasteiger partial charge in [-0.2, -0.15) is 0 Å². The molecule has 0 N–H and O–H groups in total. The first-order chi connectivity index (χ1) is 18.8. The van der Waals surface area contributed by atoms with Crippen molar-refractivity contribution in [2.75, 3.05) is 26.2 Å². The van der Waals surface area contributed by atoms with Crippen LogP contribution in [0.1, 0.15) is 38.8 Å². The highest BCUT2D eigenvalue weighted by molar-refractivity contribution is 5.97. The normalized spacial score (nSPS) is 22.5. The second-order valence-electron chi connectivity index (χ2n) is 11.7. The first kappa shape index (κ1) is 28.8. The molecule has 0 radical (unpaired) electrons. The lowest BCUT2D eigenvalue weighted by molar-refractivity contribution is -0.385. The Bertz CT molecular complexity index is 1260. The van der Waals surface area contributed by atoms with Crippen LogP contribution in [0.15, 0.2) is 48.5 Å². The summed E-state index contributed by atoms with van der Waals surface area (Å²) in [5.74, 6) is -0.748. The van der Waals surface area contributed by atoms with Crippen LogP contribution in [0.4, 0.5) is 11.4 Å². The number of rotatable bonds is 8. The van der Waals surface area contributed by atoms with E-state index >= 15 is 0 Å². The Morgan fingerprint density at radius 1 is 0.750 bits per heavy atom. The average Bonchev–Trinajstić information content (AvgIpc) is 2.88. The molecule has 2 fully saturated rings. The molecule has 2 heterocycles. The van der Waals surface area contributed by atoms with Crippen LogP contribution in [0.3, 0.4) is 0 Å². The lowest BCUT2D eigenvalue weighted by Gasteiger charge is -2.60. The van der Waals surface area contributed by atoms with Crippen LogP contribution in [-0.4, -0.2) is 63.4 Å². The molecule has 11 nitrogen and oxygen atoms in total. The number of carbonyl (C=O) groups is 3. The average molecular weight is 551 g/mol. The molecule has 2 bridgehead atoms. The number of ketones is 1. The third-order valence-electron chi connectivity index (χ3n) is 8.67. The molecule has 40 heavy (non-hydrogen) atoms. The summed E-state index contributed by atoms with van der Waals surface area (Å²) >= 11 is 0. The molecule has 4 rings (SSSR count). The summed E-state index contributed by atoms with van der Waals surface area (Å²) in [5, 5.41) is 22.4. The van der Waals surface area contributed by atoms with E-state index < -0.39 is 20.7 Å². The molecule has 2 aromatic rings. The van der Waals surface area contributed by atoms with Crippen LogP contribution in [-0.2, 0) is 27.2 Å². The number of nitrogens with zero attached hydrogens (tertiary/aromatic N) is 4. The Balaban J connectivity index is 1.63. The van der Waals surface area contributed by atoms with Crippen molar-refractivity contribution < 1.29 is 24.2 Å². The second-order valence-corrected chi connectivity index (χ2v) is 11.7. The summed E-state index contributed by atoms with van der Waals surface area (Å²) in [5.41, 5.74) is -1.12. The van der Waals surface area contributed by atoms with Gasteiger partial charge in [0, 0.05) is 50.4 Å². The van der Waals surface area contributed by atoms with E-state index in [0.29, 0.717) is 11.1 Å². The first-order valence-corrected chi connectivity index (χ1v) is 13.4. The van der Waals surface area contributed by atoms with E-state index in [2.05, 4.69) is 0 Å². The predicted molar refractivity (Wildman–Crippen MR) is 146 cm³/mol. The molecule has 0 aromatic heterocycles. The van der Waals surface area contributed by atoms with Gasteiger partial charge in [-0.3, -0.25) is 34.6 Å². The standard InChI is InChI=1S/C29H34N4O7/c1-19(2)28-15-30(25(34)13-21-7-5-9-23(11-21)32(37)38)17-29(20(3)4,27(28)36)18-31(16-28)26(35)14-22-8-6-10-24(12-22)33(39)40/h5-12,19-20H,13-18H2,1-4H3. The maximum Gasteiger partial charge on any atom is 0.269 e. The minimum absolute atomic E-state index is 0.0341. The molecule has 0 saturated carbocycles.